The predicted octanol–water partition coefficient (Wildman–Crippen LogP) is 5.18. The van der Waals surface area contributed by atoms with Crippen molar-refractivity contribution in [1.29, 1.82) is 0 Å². The third-order valence-electron chi connectivity index (χ3n) is 5.87. The van der Waals surface area contributed by atoms with Crippen molar-refractivity contribution in [1.82, 2.24) is 4.90 Å². The van der Waals surface area contributed by atoms with Crippen LogP contribution >= 0.6 is 11.6 Å². The molecule has 3 rings (SSSR count). The summed E-state index contributed by atoms with van der Waals surface area (Å²) in [5, 5.41) is 0.707. The third kappa shape index (κ3) is 4.99. The molecule has 5 heteroatoms. The standard InChI is InChI=1S/C24H32ClNO3/c1-5-13-26(14-12-17-6-10-20(27-2)11-7-17)19-9-8-18-15-22(28-3)24(29-4)23(25)21(18)16-19/h6-7,10-11,15,19H,5,8-9,12-14,16H2,1-4H3. The van der Waals surface area contributed by atoms with Crippen LogP contribution in [0.25, 0.3) is 0 Å². The number of halogens is 1. The number of nitrogens with zero attached hydrogens (tertiary/aromatic N) is 1. The molecule has 4 nitrogen and oxygen atoms in total. The van der Waals surface area contributed by atoms with E-state index in [2.05, 4.69) is 30.0 Å². The van der Waals surface area contributed by atoms with Gasteiger partial charge in [0.25, 0.3) is 0 Å². The van der Waals surface area contributed by atoms with Crippen molar-refractivity contribution in [2.24, 2.45) is 0 Å². The summed E-state index contributed by atoms with van der Waals surface area (Å²) in [4.78, 5) is 2.63. The van der Waals surface area contributed by atoms with Crippen LogP contribution in [0.2, 0.25) is 5.02 Å². The monoisotopic (exact) mass is 417 g/mol. The molecule has 2 aromatic carbocycles. The van der Waals surface area contributed by atoms with Gasteiger partial charge in [-0.05, 0) is 73.5 Å². The Bertz CT molecular complexity index is 807. The molecule has 0 aromatic heterocycles. The van der Waals surface area contributed by atoms with Gasteiger partial charge in [-0.3, -0.25) is 4.90 Å². The van der Waals surface area contributed by atoms with E-state index in [-0.39, 0.29) is 0 Å². The van der Waals surface area contributed by atoms with Crippen LogP contribution in [0, 0.1) is 0 Å². The Morgan fingerprint density at radius 1 is 1.03 bits per heavy atom. The van der Waals surface area contributed by atoms with Gasteiger partial charge in [0.1, 0.15) is 5.75 Å². The summed E-state index contributed by atoms with van der Waals surface area (Å²) in [5.41, 5.74) is 3.84. The maximum atomic E-state index is 6.72. The van der Waals surface area contributed by atoms with E-state index < -0.39 is 0 Å². The van der Waals surface area contributed by atoms with Gasteiger partial charge in [0.2, 0.25) is 0 Å². The van der Waals surface area contributed by atoms with Crippen molar-refractivity contribution >= 4 is 11.6 Å². The topological polar surface area (TPSA) is 30.9 Å². The lowest BCUT2D eigenvalue weighted by Gasteiger charge is -2.36. The van der Waals surface area contributed by atoms with Crippen molar-refractivity contribution in [3.05, 3.63) is 52.0 Å². The molecule has 0 radical (unpaired) electrons. The Kier molecular flexibility index (Phi) is 7.68. The van der Waals surface area contributed by atoms with Crippen molar-refractivity contribution in [2.75, 3.05) is 34.4 Å². The quantitative estimate of drug-likeness (QED) is 0.562. The summed E-state index contributed by atoms with van der Waals surface area (Å²) >= 11 is 6.72. The van der Waals surface area contributed by atoms with Gasteiger partial charge in [-0.15, -0.1) is 0 Å². The normalized spacial score (nSPS) is 15.9. The van der Waals surface area contributed by atoms with Gasteiger partial charge in [0.05, 0.1) is 26.4 Å². The number of hydrogen-bond donors (Lipinski definition) is 0. The van der Waals surface area contributed by atoms with Gasteiger partial charge < -0.3 is 14.2 Å². The highest BCUT2D eigenvalue weighted by molar-refractivity contribution is 6.33. The lowest BCUT2D eigenvalue weighted by atomic mass is 9.86. The maximum absolute atomic E-state index is 6.72. The average molecular weight is 418 g/mol. The lowest BCUT2D eigenvalue weighted by molar-refractivity contribution is 0.181. The number of fused-ring (bicyclic) bond motifs is 1. The molecule has 2 aromatic rings. The average Bonchev–Trinajstić information content (AvgIpc) is 2.76. The van der Waals surface area contributed by atoms with E-state index in [0.717, 1.165) is 56.7 Å². The first-order valence-corrected chi connectivity index (χ1v) is 10.8. The second-order valence-electron chi connectivity index (χ2n) is 7.59. The number of hydrogen-bond acceptors (Lipinski definition) is 4. The molecule has 29 heavy (non-hydrogen) atoms. The van der Waals surface area contributed by atoms with Crippen LogP contribution < -0.4 is 14.2 Å². The minimum Gasteiger partial charge on any atom is -0.497 e. The molecule has 0 saturated heterocycles. The van der Waals surface area contributed by atoms with E-state index >= 15 is 0 Å². The van der Waals surface area contributed by atoms with Crippen LogP contribution in [0.3, 0.4) is 0 Å². The molecular weight excluding hydrogens is 386 g/mol. The molecule has 0 saturated carbocycles. The summed E-state index contributed by atoms with van der Waals surface area (Å²) in [5.74, 6) is 2.27. The zero-order chi connectivity index (χ0) is 20.8. The molecule has 0 bridgehead atoms. The van der Waals surface area contributed by atoms with Crippen LogP contribution in [0.5, 0.6) is 17.2 Å². The Balaban J connectivity index is 1.74. The summed E-state index contributed by atoms with van der Waals surface area (Å²) < 4.78 is 16.3. The fourth-order valence-electron chi connectivity index (χ4n) is 4.28. The summed E-state index contributed by atoms with van der Waals surface area (Å²) in [6.07, 6.45) is 5.29. The zero-order valence-corrected chi connectivity index (χ0v) is 18.7. The summed E-state index contributed by atoms with van der Waals surface area (Å²) in [6.45, 7) is 4.39. The van der Waals surface area contributed by atoms with E-state index in [9.17, 15) is 0 Å². The zero-order valence-electron chi connectivity index (χ0n) is 18.0. The first-order chi connectivity index (χ1) is 14.1. The van der Waals surface area contributed by atoms with Crippen molar-refractivity contribution in [2.45, 2.75) is 45.1 Å². The molecule has 0 spiro atoms. The maximum Gasteiger partial charge on any atom is 0.179 e. The van der Waals surface area contributed by atoms with Gasteiger partial charge >= 0.3 is 0 Å². The number of aryl methyl sites for hydroxylation is 1. The Morgan fingerprint density at radius 3 is 2.41 bits per heavy atom. The van der Waals surface area contributed by atoms with Crippen molar-refractivity contribution < 1.29 is 14.2 Å². The minimum atomic E-state index is 0.497. The van der Waals surface area contributed by atoms with E-state index in [0.29, 0.717) is 16.8 Å². The van der Waals surface area contributed by atoms with E-state index in [1.165, 1.54) is 16.7 Å². The molecule has 1 atom stereocenters. The third-order valence-corrected chi connectivity index (χ3v) is 6.27. The van der Waals surface area contributed by atoms with Crippen LogP contribution in [0.15, 0.2) is 30.3 Å². The van der Waals surface area contributed by atoms with Gasteiger partial charge in [0.15, 0.2) is 11.5 Å². The fraction of sp³-hybridized carbons (Fsp3) is 0.500. The minimum absolute atomic E-state index is 0.497. The number of benzene rings is 2. The molecule has 0 heterocycles. The lowest BCUT2D eigenvalue weighted by Crippen LogP contribution is -2.41. The molecule has 0 aliphatic heterocycles. The van der Waals surface area contributed by atoms with E-state index in [1.807, 2.05) is 12.1 Å². The highest BCUT2D eigenvalue weighted by Crippen LogP contribution is 2.42. The second kappa shape index (κ2) is 10.2. The fourth-order valence-corrected chi connectivity index (χ4v) is 4.65. The number of ether oxygens (including phenoxy) is 3. The highest BCUT2D eigenvalue weighted by Gasteiger charge is 2.28. The largest absolute Gasteiger partial charge is 0.497 e. The van der Waals surface area contributed by atoms with Crippen molar-refractivity contribution in [3.63, 3.8) is 0 Å². The molecule has 158 valence electrons. The van der Waals surface area contributed by atoms with Crippen LogP contribution in [0.4, 0.5) is 0 Å². The molecule has 1 aliphatic carbocycles. The highest BCUT2D eigenvalue weighted by atomic mass is 35.5. The first-order valence-electron chi connectivity index (χ1n) is 10.4. The molecule has 1 aliphatic rings. The van der Waals surface area contributed by atoms with Crippen LogP contribution in [-0.4, -0.2) is 45.4 Å². The number of rotatable bonds is 9. The Morgan fingerprint density at radius 2 is 1.79 bits per heavy atom. The van der Waals surface area contributed by atoms with Gasteiger partial charge in [-0.25, -0.2) is 0 Å². The molecule has 0 amide bonds. The van der Waals surface area contributed by atoms with E-state index in [4.69, 9.17) is 25.8 Å². The van der Waals surface area contributed by atoms with Crippen molar-refractivity contribution in [3.8, 4) is 17.2 Å². The van der Waals surface area contributed by atoms with E-state index in [1.54, 1.807) is 21.3 Å². The van der Waals surface area contributed by atoms with Crippen LogP contribution in [-0.2, 0) is 19.3 Å². The van der Waals surface area contributed by atoms with Gasteiger partial charge in [-0.1, -0.05) is 30.7 Å². The second-order valence-corrected chi connectivity index (χ2v) is 7.97. The molecule has 0 N–H and O–H groups in total. The Labute approximate surface area is 179 Å². The molecule has 1 unspecified atom stereocenters. The van der Waals surface area contributed by atoms with Crippen LogP contribution in [0.1, 0.15) is 36.5 Å². The Hall–Kier alpha value is -1.91. The van der Waals surface area contributed by atoms with Gasteiger partial charge in [0, 0.05) is 12.6 Å². The predicted molar refractivity (Wildman–Crippen MR) is 119 cm³/mol. The molecular formula is C24H32ClNO3. The molecule has 0 fully saturated rings. The smallest absolute Gasteiger partial charge is 0.179 e. The summed E-state index contributed by atoms with van der Waals surface area (Å²) in [7, 11) is 5.01. The number of methoxy groups -OCH3 is 3. The summed E-state index contributed by atoms with van der Waals surface area (Å²) in [6, 6.07) is 11.0. The SMILES string of the molecule is CCCN(CCc1ccc(OC)cc1)C1CCc2cc(OC)c(OC)c(Cl)c2C1. The first kappa shape index (κ1) is 21.8. The van der Waals surface area contributed by atoms with Gasteiger partial charge in [-0.2, -0.15) is 0 Å².